The van der Waals surface area contributed by atoms with Gasteiger partial charge in [0.15, 0.2) is 0 Å². The quantitative estimate of drug-likeness (QED) is 0.693. The van der Waals surface area contributed by atoms with E-state index in [1.807, 2.05) is 31.4 Å². The molecule has 0 spiro atoms. The lowest BCUT2D eigenvalue weighted by Gasteiger charge is -2.12. The van der Waals surface area contributed by atoms with Crippen molar-refractivity contribution in [2.45, 2.75) is 6.42 Å². The lowest BCUT2D eigenvalue weighted by molar-refractivity contribution is -0.126. The van der Waals surface area contributed by atoms with Crippen LogP contribution < -0.4 is 9.47 Å². The Labute approximate surface area is 158 Å². The van der Waals surface area contributed by atoms with Gasteiger partial charge in [-0.2, -0.15) is 0 Å². The lowest BCUT2D eigenvalue weighted by Crippen LogP contribution is -2.20. The number of ether oxygens (including phenoxy) is 2. The summed E-state index contributed by atoms with van der Waals surface area (Å²) in [6.45, 7) is 1.33. The second kappa shape index (κ2) is 7.27. The molecule has 0 radical (unpaired) electrons. The number of methoxy groups -OCH3 is 1. The van der Waals surface area contributed by atoms with Crippen molar-refractivity contribution in [2.75, 3.05) is 27.3 Å². The molecule has 1 atom stereocenters. The van der Waals surface area contributed by atoms with E-state index in [1.165, 1.54) is 0 Å². The average molecular weight is 362 g/mol. The number of carbonyl (C=O) groups excluding carboxylic acids is 1. The molecule has 5 heteroatoms. The molecule has 1 amide bonds. The van der Waals surface area contributed by atoms with E-state index in [2.05, 4.69) is 29.2 Å². The number of carbonyl (C=O) groups is 1. The van der Waals surface area contributed by atoms with Crippen molar-refractivity contribution in [2.24, 2.45) is 5.92 Å². The van der Waals surface area contributed by atoms with Gasteiger partial charge in [-0.15, -0.1) is 0 Å². The Hall–Kier alpha value is -3.08. The maximum absolute atomic E-state index is 11.6. The number of nitrogens with zero attached hydrogens (tertiary/aromatic N) is 2. The summed E-state index contributed by atoms with van der Waals surface area (Å²) in [6.07, 6.45) is 4.10. The second-order valence-corrected chi connectivity index (χ2v) is 6.99. The molecule has 2 heterocycles. The van der Waals surface area contributed by atoms with Crippen LogP contribution in [0.3, 0.4) is 0 Å². The van der Waals surface area contributed by atoms with Crippen LogP contribution in [0.2, 0.25) is 0 Å². The molecule has 5 nitrogen and oxygen atoms in total. The summed E-state index contributed by atoms with van der Waals surface area (Å²) in [4.78, 5) is 17.6. The van der Waals surface area contributed by atoms with Gasteiger partial charge in [-0.1, -0.05) is 18.2 Å². The Morgan fingerprint density at radius 1 is 1.04 bits per heavy atom. The number of fused-ring (bicyclic) bond motifs is 1. The maximum Gasteiger partial charge on any atom is 0.222 e. The zero-order valence-corrected chi connectivity index (χ0v) is 15.5. The predicted molar refractivity (Wildman–Crippen MR) is 105 cm³/mol. The zero-order valence-electron chi connectivity index (χ0n) is 15.5. The van der Waals surface area contributed by atoms with E-state index >= 15 is 0 Å². The van der Waals surface area contributed by atoms with Gasteiger partial charge in [-0.25, -0.2) is 0 Å². The highest BCUT2D eigenvalue weighted by Gasteiger charge is 2.27. The standard InChI is InChI=1S/C22H22N2O3/c1-24-13-15(7-22(24)25)14-27-20-6-5-16-8-17(3-4-18(16)9-20)19-10-21(26-2)12-23-11-19/h3-6,8-12,15H,7,13-14H2,1-2H3. The van der Waals surface area contributed by atoms with Gasteiger partial charge < -0.3 is 14.4 Å². The van der Waals surface area contributed by atoms with Gasteiger partial charge in [-0.05, 0) is 40.6 Å². The highest BCUT2D eigenvalue weighted by molar-refractivity contribution is 5.88. The molecule has 1 fully saturated rings. The Morgan fingerprint density at radius 3 is 2.63 bits per heavy atom. The Kier molecular flexibility index (Phi) is 4.67. The first-order valence-corrected chi connectivity index (χ1v) is 9.02. The number of hydrogen-bond donors (Lipinski definition) is 0. The van der Waals surface area contributed by atoms with Gasteiger partial charge in [0.2, 0.25) is 5.91 Å². The molecule has 1 aliphatic rings. The minimum absolute atomic E-state index is 0.196. The molecule has 0 N–H and O–H groups in total. The van der Waals surface area contributed by atoms with Gasteiger partial charge in [0.1, 0.15) is 11.5 Å². The molecule has 0 saturated carbocycles. The Balaban J connectivity index is 1.51. The molecule has 4 rings (SSSR count). The third kappa shape index (κ3) is 3.72. The van der Waals surface area contributed by atoms with Gasteiger partial charge in [0, 0.05) is 37.7 Å². The summed E-state index contributed by atoms with van der Waals surface area (Å²) in [5.74, 6) is 2.04. The molecule has 138 valence electrons. The van der Waals surface area contributed by atoms with E-state index in [0.29, 0.717) is 13.0 Å². The smallest absolute Gasteiger partial charge is 0.222 e. The van der Waals surface area contributed by atoms with Crippen molar-refractivity contribution in [1.82, 2.24) is 9.88 Å². The normalized spacial score (nSPS) is 16.7. The molecule has 3 aromatic rings. The van der Waals surface area contributed by atoms with Crippen LogP contribution in [0, 0.1) is 5.92 Å². The molecule has 2 aromatic carbocycles. The highest BCUT2D eigenvalue weighted by atomic mass is 16.5. The maximum atomic E-state index is 11.6. The van der Waals surface area contributed by atoms with Gasteiger partial charge in [0.25, 0.3) is 0 Å². The fraction of sp³-hybridized carbons (Fsp3) is 0.273. The largest absolute Gasteiger partial charge is 0.495 e. The first-order valence-electron chi connectivity index (χ1n) is 9.02. The van der Waals surface area contributed by atoms with Crippen molar-refractivity contribution < 1.29 is 14.3 Å². The fourth-order valence-corrected chi connectivity index (χ4v) is 3.46. The lowest BCUT2D eigenvalue weighted by atomic mass is 10.0. The van der Waals surface area contributed by atoms with Gasteiger partial charge in [-0.3, -0.25) is 9.78 Å². The van der Waals surface area contributed by atoms with E-state index in [4.69, 9.17) is 9.47 Å². The minimum atomic E-state index is 0.196. The Morgan fingerprint density at radius 2 is 1.85 bits per heavy atom. The Bertz CT molecular complexity index is 986. The number of hydrogen-bond acceptors (Lipinski definition) is 4. The van der Waals surface area contributed by atoms with Crippen LogP contribution in [0.15, 0.2) is 54.9 Å². The third-order valence-corrected chi connectivity index (χ3v) is 5.00. The van der Waals surface area contributed by atoms with Crippen LogP contribution in [0.5, 0.6) is 11.5 Å². The molecular weight excluding hydrogens is 340 g/mol. The SMILES string of the molecule is COc1cncc(-c2ccc3cc(OCC4CC(=O)N(C)C4)ccc3c2)c1. The average Bonchev–Trinajstić information content (AvgIpc) is 3.03. The predicted octanol–water partition coefficient (Wildman–Crippen LogP) is 3.77. The van der Waals surface area contributed by atoms with Crippen LogP contribution in [0.1, 0.15) is 6.42 Å². The number of pyridine rings is 1. The number of rotatable bonds is 5. The summed E-state index contributed by atoms with van der Waals surface area (Å²) < 4.78 is 11.2. The number of amides is 1. The number of aromatic nitrogens is 1. The summed E-state index contributed by atoms with van der Waals surface area (Å²) >= 11 is 0. The van der Waals surface area contributed by atoms with Crippen molar-refractivity contribution in [1.29, 1.82) is 0 Å². The van der Waals surface area contributed by atoms with E-state index in [0.717, 1.165) is 39.9 Å². The molecule has 1 saturated heterocycles. The van der Waals surface area contributed by atoms with E-state index in [9.17, 15) is 4.79 Å². The van der Waals surface area contributed by atoms with E-state index in [1.54, 1.807) is 18.2 Å². The third-order valence-electron chi connectivity index (χ3n) is 5.00. The fourth-order valence-electron chi connectivity index (χ4n) is 3.46. The summed E-state index contributed by atoms with van der Waals surface area (Å²) in [5.41, 5.74) is 2.11. The van der Waals surface area contributed by atoms with Gasteiger partial charge in [0.05, 0.1) is 19.9 Å². The van der Waals surface area contributed by atoms with Crippen molar-refractivity contribution in [3.05, 3.63) is 54.9 Å². The highest BCUT2D eigenvalue weighted by Crippen LogP contribution is 2.29. The second-order valence-electron chi connectivity index (χ2n) is 6.99. The van der Waals surface area contributed by atoms with Crippen LogP contribution in [0.25, 0.3) is 21.9 Å². The molecule has 0 aliphatic carbocycles. The zero-order chi connectivity index (χ0) is 18.8. The summed E-state index contributed by atoms with van der Waals surface area (Å²) in [5, 5.41) is 2.25. The summed E-state index contributed by atoms with van der Waals surface area (Å²) in [7, 11) is 3.48. The van der Waals surface area contributed by atoms with Crippen molar-refractivity contribution in [3.63, 3.8) is 0 Å². The van der Waals surface area contributed by atoms with E-state index < -0.39 is 0 Å². The summed E-state index contributed by atoms with van der Waals surface area (Å²) in [6, 6.07) is 14.4. The van der Waals surface area contributed by atoms with Crippen LogP contribution in [-0.4, -0.2) is 43.1 Å². The van der Waals surface area contributed by atoms with E-state index in [-0.39, 0.29) is 11.8 Å². The van der Waals surface area contributed by atoms with Gasteiger partial charge >= 0.3 is 0 Å². The molecule has 27 heavy (non-hydrogen) atoms. The minimum Gasteiger partial charge on any atom is -0.495 e. The van der Waals surface area contributed by atoms with Crippen molar-refractivity contribution in [3.8, 4) is 22.6 Å². The van der Waals surface area contributed by atoms with Crippen LogP contribution in [0.4, 0.5) is 0 Å². The number of benzene rings is 2. The topological polar surface area (TPSA) is 51.7 Å². The van der Waals surface area contributed by atoms with Crippen molar-refractivity contribution >= 4 is 16.7 Å². The van der Waals surface area contributed by atoms with Crippen LogP contribution >= 0.6 is 0 Å². The molecule has 0 bridgehead atoms. The first-order chi connectivity index (χ1) is 13.1. The number of likely N-dealkylation sites (tertiary alicyclic amines) is 1. The molecule has 1 aromatic heterocycles. The monoisotopic (exact) mass is 362 g/mol. The first kappa shape index (κ1) is 17.3. The molecule has 1 unspecified atom stereocenters. The van der Waals surface area contributed by atoms with Crippen LogP contribution in [-0.2, 0) is 4.79 Å². The molecular formula is C22H22N2O3. The molecule has 1 aliphatic heterocycles.